The van der Waals surface area contributed by atoms with Crippen LogP contribution >= 0.6 is 0 Å². The molecule has 1 aromatic rings. The molecule has 0 aromatic heterocycles. The van der Waals surface area contributed by atoms with Gasteiger partial charge in [0.1, 0.15) is 17.7 Å². The van der Waals surface area contributed by atoms with Crippen molar-refractivity contribution < 1.29 is 0 Å². The molecule has 0 spiro atoms. The van der Waals surface area contributed by atoms with Crippen LogP contribution in [0.1, 0.15) is 11.1 Å². The summed E-state index contributed by atoms with van der Waals surface area (Å²) in [5.41, 5.74) is 2.11. The van der Waals surface area contributed by atoms with Crippen molar-refractivity contribution in [2.75, 3.05) is 0 Å². The van der Waals surface area contributed by atoms with Crippen molar-refractivity contribution in [3.63, 3.8) is 0 Å². The third-order valence-electron chi connectivity index (χ3n) is 1.73. The van der Waals surface area contributed by atoms with Crippen LogP contribution in [0.2, 0.25) is 0 Å². The summed E-state index contributed by atoms with van der Waals surface area (Å²) in [4.78, 5) is 0. The van der Waals surface area contributed by atoms with Gasteiger partial charge in [0, 0.05) is 0 Å². The second-order valence-electron chi connectivity index (χ2n) is 2.64. The Labute approximate surface area is 77.4 Å². The summed E-state index contributed by atoms with van der Waals surface area (Å²) in [6.07, 6.45) is 1.59. The molecule has 0 atom stereocenters. The summed E-state index contributed by atoms with van der Waals surface area (Å²) < 4.78 is 0. The standard InChI is InChI=1S/C11H8N2/c1-9-4-2-3-5-11(9)6-10(7-12)8-13/h2-6H,1H3. The van der Waals surface area contributed by atoms with E-state index >= 15 is 0 Å². The van der Waals surface area contributed by atoms with E-state index in [1.165, 1.54) is 0 Å². The van der Waals surface area contributed by atoms with Crippen molar-refractivity contribution >= 4 is 6.08 Å². The number of hydrogen-bond acceptors (Lipinski definition) is 2. The monoisotopic (exact) mass is 168 g/mol. The van der Waals surface area contributed by atoms with Crippen LogP contribution in [0, 0.1) is 29.6 Å². The number of nitrogens with zero attached hydrogens (tertiary/aromatic N) is 2. The third kappa shape index (κ3) is 2.18. The van der Waals surface area contributed by atoms with Crippen LogP contribution in [-0.2, 0) is 0 Å². The molecule has 0 saturated heterocycles. The number of allylic oxidation sites excluding steroid dienone is 1. The van der Waals surface area contributed by atoms with Gasteiger partial charge in [-0.15, -0.1) is 0 Å². The van der Waals surface area contributed by atoms with Crippen molar-refractivity contribution in [1.29, 1.82) is 10.5 Å². The zero-order valence-electron chi connectivity index (χ0n) is 7.28. The molecule has 2 heteroatoms. The van der Waals surface area contributed by atoms with E-state index in [4.69, 9.17) is 10.5 Å². The highest BCUT2D eigenvalue weighted by Gasteiger charge is 1.95. The van der Waals surface area contributed by atoms with E-state index in [1.807, 2.05) is 43.3 Å². The summed E-state index contributed by atoms with van der Waals surface area (Å²) in [6, 6.07) is 11.3. The van der Waals surface area contributed by atoms with Gasteiger partial charge in [-0.1, -0.05) is 24.3 Å². The molecule has 13 heavy (non-hydrogen) atoms. The predicted octanol–water partition coefficient (Wildman–Crippen LogP) is 2.43. The number of nitriles is 2. The normalized spacial score (nSPS) is 8.23. The van der Waals surface area contributed by atoms with Gasteiger partial charge in [0.2, 0.25) is 0 Å². The highest BCUT2D eigenvalue weighted by Crippen LogP contribution is 2.10. The molecular formula is C11H8N2. The smallest absolute Gasteiger partial charge is 0.130 e. The number of aryl methyl sites for hydroxylation is 1. The van der Waals surface area contributed by atoms with Crippen LogP contribution in [0.4, 0.5) is 0 Å². The van der Waals surface area contributed by atoms with Crippen LogP contribution in [0.3, 0.4) is 0 Å². The van der Waals surface area contributed by atoms with Crippen molar-refractivity contribution in [2.24, 2.45) is 0 Å². The molecule has 0 aliphatic carbocycles. The molecule has 62 valence electrons. The molecule has 1 rings (SSSR count). The maximum absolute atomic E-state index is 8.54. The van der Waals surface area contributed by atoms with E-state index in [-0.39, 0.29) is 5.57 Å². The lowest BCUT2D eigenvalue weighted by molar-refractivity contribution is 1.43. The van der Waals surface area contributed by atoms with Gasteiger partial charge >= 0.3 is 0 Å². The number of hydrogen-bond donors (Lipinski definition) is 0. The number of benzene rings is 1. The summed E-state index contributed by atoms with van der Waals surface area (Å²) in [6.45, 7) is 1.94. The first-order valence-corrected chi connectivity index (χ1v) is 3.85. The van der Waals surface area contributed by atoms with Crippen molar-refractivity contribution in [3.8, 4) is 12.1 Å². The molecule has 0 unspecified atom stereocenters. The molecule has 1 aromatic carbocycles. The molecular weight excluding hydrogens is 160 g/mol. The average molecular weight is 168 g/mol. The Hall–Kier alpha value is -2.06. The fraction of sp³-hybridized carbons (Fsp3) is 0.0909. The van der Waals surface area contributed by atoms with E-state index in [9.17, 15) is 0 Å². The van der Waals surface area contributed by atoms with Crippen LogP contribution in [0.5, 0.6) is 0 Å². The van der Waals surface area contributed by atoms with Crippen LogP contribution < -0.4 is 0 Å². The maximum atomic E-state index is 8.54. The lowest BCUT2D eigenvalue weighted by atomic mass is 10.1. The Kier molecular flexibility index (Phi) is 2.84. The van der Waals surface area contributed by atoms with Crippen LogP contribution in [-0.4, -0.2) is 0 Å². The first-order valence-electron chi connectivity index (χ1n) is 3.85. The Bertz CT molecular complexity index is 400. The minimum Gasteiger partial charge on any atom is -0.192 e. The molecule has 0 heterocycles. The fourth-order valence-corrected chi connectivity index (χ4v) is 0.994. The topological polar surface area (TPSA) is 47.6 Å². The molecule has 0 N–H and O–H groups in total. The lowest BCUT2D eigenvalue weighted by Crippen LogP contribution is -1.80. The quantitative estimate of drug-likeness (QED) is 0.604. The van der Waals surface area contributed by atoms with Gasteiger partial charge < -0.3 is 0 Å². The van der Waals surface area contributed by atoms with E-state index in [1.54, 1.807) is 6.08 Å². The molecule has 0 amide bonds. The SMILES string of the molecule is Cc1ccccc1C=C(C#N)C#N. The van der Waals surface area contributed by atoms with E-state index < -0.39 is 0 Å². The molecule has 0 aliphatic heterocycles. The molecule has 2 nitrogen and oxygen atoms in total. The summed E-state index contributed by atoms with van der Waals surface area (Å²) in [5, 5.41) is 17.1. The first-order chi connectivity index (χ1) is 6.27. The Morgan fingerprint density at radius 2 is 1.85 bits per heavy atom. The highest BCUT2D eigenvalue weighted by atomic mass is 14.3. The maximum Gasteiger partial charge on any atom is 0.130 e. The summed E-state index contributed by atoms with van der Waals surface area (Å²) in [5.74, 6) is 0. The molecule has 0 saturated carbocycles. The largest absolute Gasteiger partial charge is 0.192 e. The van der Waals surface area contributed by atoms with E-state index in [0.717, 1.165) is 11.1 Å². The predicted molar refractivity (Wildman–Crippen MR) is 50.4 cm³/mol. The first kappa shape index (κ1) is 9.03. The third-order valence-corrected chi connectivity index (χ3v) is 1.73. The second-order valence-corrected chi connectivity index (χ2v) is 2.64. The van der Waals surface area contributed by atoms with Crippen molar-refractivity contribution in [3.05, 3.63) is 41.0 Å². The zero-order chi connectivity index (χ0) is 9.68. The van der Waals surface area contributed by atoms with Gasteiger partial charge in [0.25, 0.3) is 0 Å². The van der Waals surface area contributed by atoms with Gasteiger partial charge in [-0.2, -0.15) is 10.5 Å². The van der Waals surface area contributed by atoms with Crippen LogP contribution in [0.25, 0.3) is 6.08 Å². The van der Waals surface area contributed by atoms with Gasteiger partial charge in [-0.25, -0.2) is 0 Å². The molecule has 0 fully saturated rings. The fourth-order valence-electron chi connectivity index (χ4n) is 0.994. The van der Waals surface area contributed by atoms with Crippen molar-refractivity contribution in [2.45, 2.75) is 6.92 Å². The Morgan fingerprint density at radius 1 is 1.23 bits per heavy atom. The lowest BCUT2D eigenvalue weighted by Gasteiger charge is -1.97. The molecule has 0 radical (unpaired) electrons. The molecule has 0 bridgehead atoms. The van der Waals surface area contributed by atoms with Gasteiger partial charge in [0.15, 0.2) is 0 Å². The Balaban J connectivity index is 3.14. The van der Waals surface area contributed by atoms with E-state index in [2.05, 4.69) is 0 Å². The van der Waals surface area contributed by atoms with Crippen LogP contribution in [0.15, 0.2) is 29.8 Å². The van der Waals surface area contributed by atoms with Gasteiger partial charge in [-0.05, 0) is 24.1 Å². The highest BCUT2D eigenvalue weighted by molar-refractivity contribution is 5.63. The second kappa shape index (κ2) is 4.09. The molecule has 0 aliphatic rings. The summed E-state index contributed by atoms with van der Waals surface area (Å²) >= 11 is 0. The van der Waals surface area contributed by atoms with E-state index in [0.29, 0.717) is 0 Å². The van der Waals surface area contributed by atoms with Gasteiger partial charge in [0.05, 0.1) is 0 Å². The zero-order valence-corrected chi connectivity index (χ0v) is 7.28. The average Bonchev–Trinajstić information content (AvgIpc) is 2.17. The summed E-state index contributed by atoms with van der Waals surface area (Å²) in [7, 11) is 0. The Morgan fingerprint density at radius 3 is 2.38 bits per heavy atom. The van der Waals surface area contributed by atoms with Crippen molar-refractivity contribution in [1.82, 2.24) is 0 Å². The number of rotatable bonds is 1. The van der Waals surface area contributed by atoms with Gasteiger partial charge in [-0.3, -0.25) is 0 Å². The minimum atomic E-state index is 0.134. The minimum absolute atomic E-state index is 0.134.